The number of benzene rings is 2. The lowest BCUT2D eigenvalue weighted by molar-refractivity contribution is 0.478. The number of hydrogen-bond donors (Lipinski definition) is 1. The molecule has 1 N–H and O–H groups in total. The average Bonchev–Trinajstić information content (AvgIpc) is 2.41. The van der Waals surface area contributed by atoms with E-state index in [4.69, 9.17) is 27.9 Å². The summed E-state index contributed by atoms with van der Waals surface area (Å²) in [6, 6.07) is 11.3. The van der Waals surface area contributed by atoms with E-state index in [9.17, 15) is 0 Å². The van der Waals surface area contributed by atoms with Crippen LogP contribution in [0.25, 0.3) is 0 Å². The summed E-state index contributed by atoms with van der Waals surface area (Å²) in [6.45, 7) is 5.70. The molecule has 0 bridgehead atoms. The summed E-state index contributed by atoms with van der Waals surface area (Å²) in [5.74, 6) is 1.51. The third-order valence-corrected chi connectivity index (χ3v) is 3.54. The molecule has 0 spiro atoms. The Morgan fingerprint density at radius 1 is 1.10 bits per heavy atom. The monoisotopic (exact) mass is 309 g/mol. The molecule has 0 aliphatic heterocycles. The highest BCUT2D eigenvalue weighted by molar-refractivity contribution is 6.31. The molecule has 0 aliphatic carbocycles. The van der Waals surface area contributed by atoms with E-state index in [0.29, 0.717) is 10.0 Å². The van der Waals surface area contributed by atoms with Crippen molar-refractivity contribution in [1.82, 2.24) is 5.32 Å². The molecule has 2 aromatic rings. The van der Waals surface area contributed by atoms with Crippen molar-refractivity contribution in [3.63, 3.8) is 0 Å². The fourth-order valence-electron chi connectivity index (χ4n) is 1.85. The van der Waals surface area contributed by atoms with Gasteiger partial charge in [0.05, 0.1) is 0 Å². The van der Waals surface area contributed by atoms with Gasteiger partial charge in [0.1, 0.15) is 11.5 Å². The van der Waals surface area contributed by atoms with E-state index < -0.39 is 0 Å². The first-order valence-corrected chi connectivity index (χ1v) is 7.29. The Labute approximate surface area is 129 Å². The molecule has 2 rings (SSSR count). The molecule has 106 valence electrons. The smallest absolute Gasteiger partial charge is 0.130 e. The van der Waals surface area contributed by atoms with Gasteiger partial charge in [0.2, 0.25) is 0 Å². The van der Waals surface area contributed by atoms with Crippen LogP contribution in [0.2, 0.25) is 10.0 Å². The van der Waals surface area contributed by atoms with Gasteiger partial charge in [0.25, 0.3) is 0 Å². The Kier molecular flexibility index (Phi) is 5.30. The van der Waals surface area contributed by atoms with E-state index in [0.717, 1.165) is 35.7 Å². The minimum Gasteiger partial charge on any atom is -0.457 e. The molecule has 0 atom stereocenters. The molecule has 0 unspecified atom stereocenters. The quantitative estimate of drug-likeness (QED) is 0.819. The Bertz CT molecular complexity index is 599. The summed E-state index contributed by atoms with van der Waals surface area (Å²) in [6.07, 6.45) is 0. The highest BCUT2D eigenvalue weighted by atomic mass is 35.5. The minimum atomic E-state index is 0.703. The lowest BCUT2D eigenvalue weighted by Gasteiger charge is -2.11. The zero-order valence-electron chi connectivity index (χ0n) is 11.5. The highest BCUT2D eigenvalue weighted by Gasteiger charge is 2.05. The molecule has 0 amide bonds. The fraction of sp³-hybridized carbons (Fsp3) is 0.250. The lowest BCUT2D eigenvalue weighted by atomic mass is 10.2. The molecule has 0 aliphatic rings. The molecule has 2 nitrogen and oxygen atoms in total. The lowest BCUT2D eigenvalue weighted by Crippen LogP contribution is -2.11. The number of hydrogen-bond acceptors (Lipinski definition) is 2. The Balaban J connectivity index is 2.15. The first-order chi connectivity index (χ1) is 9.60. The van der Waals surface area contributed by atoms with Gasteiger partial charge in [0.15, 0.2) is 0 Å². The van der Waals surface area contributed by atoms with Crippen LogP contribution in [0.3, 0.4) is 0 Å². The summed E-state index contributed by atoms with van der Waals surface area (Å²) >= 11 is 12.2. The first-order valence-electron chi connectivity index (χ1n) is 6.53. The van der Waals surface area contributed by atoms with Gasteiger partial charge in [-0.1, -0.05) is 36.2 Å². The Hall–Kier alpha value is -1.22. The van der Waals surface area contributed by atoms with Gasteiger partial charge in [-0.25, -0.2) is 0 Å². The second-order valence-electron chi connectivity index (χ2n) is 4.55. The Morgan fingerprint density at radius 3 is 2.55 bits per heavy atom. The van der Waals surface area contributed by atoms with Crippen LogP contribution in [0, 0.1) is 6.92 Å². The molecule has 4 heteroatoms. The average molecular weight is 310 g/mol. The van der Waals surface area contributed by atoms with Crippen molar-refractivity contribution in [2.45, 2.75) is 20.4 Å². The van der Waals surface area contributed by atoms with E-state index in [1.807, 2.05) is 43.3 Å². The maximum atomic E-state index is 6.26. The fourth-order valence-corrected chi connectivity index (χ4v) is 2.31. The third kappa shape index (κ3) is 3.89. The topological polar surface area (TPSA) is 21.3 Å². The van der Waals surface area contributed by atoms with E-state index >= 15 is 0 Å². The van der Waals surface area contributed by atoms with Crippen LogP contribution in [0.1, 0.15) is 18.1 Å². The van der Waals surface area contributed by atoms with Gasteiger partial charge in [-0.2, -0.15) is 0 Å². The first kappa shape index (κ1) is 15.2. The van der Waals surface area contributed by atoms with Crippen LogP contribution in [0.5, 0.6) is 11.5 Å². The predicted octanol–water partition coefficient (Wildman–Crippen LogP) is 5.20. The zero-order valence-corrected chi connectivity index (χ0v) is 13.1. The van der Waals surface area contributed by atoms with Crippen LogP contribution in [-0.2, 0) is 6.54 Å². The molecule has 20 heavy (non-hydrogen) atoms. The third-order valence-electron chi connectivity index (χ3n) is 2.95. The van der Waals surface area contributed by atoms with Gasteiger partial charge < -0.3 is 10.1 Å². The van der Waals surface area contributed by atoms with Gasteiger partial charge in [0, 0.05) is 16.6 Å². The standard InChI is InChI=1S/C16H17Cl2NO/c1-3-19-10-12-4-6-14(9-15(12)18)20-16-7-5-13(17)8-11(16)2/h4-9,19H,3,10H2,1-2H3. The second kappa shape index (κ2) is 6.98. The molecule has 0 aromatic heterocycles. The maximum Gasteiger partial charge on any atom is 0.130 e. The van der Waals surface area contributed by atoms with E-state index in [-0.39, 0.29) is 0 Å². The number of ether oxygens (including phenoxy) is 1. The van der Waals surface area contributed by atoms with Crippen molar-refractivity contribution >= 4 is 23.2 Å². The van der Waals surface area contributed by atoms with Crippen LogP contribution in [-0.4, -0.2) is 6.54 Å². The van der Waals surface area contributed by atoms with E-state index in [1.165, 1.54) is 0 Å². The van der Waals surface area contributed by atoms with Gasteiger partial charge in [-0.15, -0.1) is 0 Å². The molecule has 0 heterocycles. The van der Waals surface area contributed by atoms with Crippen LogP contribution < -0.4 is 10.1 Å². The number of rotatable bonds is 5. The van der Waals surface area contributed by atoms with Crippen molar-refractivity contribution in [1.29, 1.82) is 0 Å². The molecule has 0 fully saturated rings. The molecular weight excluding hydrogens is 293 g/mol. The van der Waals surface area contributed by atoms with E-state index in [1.54, 1.807) is 0 Å². The summed E-state index contributed by atoms with van der Waals surface area (Å²) in [4.78, 5) is 0. The number of halogens is 2. The largest absolute Gasteiger partial charge is 0.457 e. The summed E-state index contributed by atoms with van der Waals surface area (Å²) in [5, 5.41) is 4.66. The van der Waals surface area contributed by atoms with E-state index in [2.05, 4.69) is 12.2 Å². The maximum absolute atomic E-state index is 6.26. The van der Waals surface area contributed by atoms with Crippen LogP contribution in [0.15, 0.2) is 36.4 Å². The molecule has 2 aromatic carbocycles. The second-order valence-corrected chi connectivity index (χ2v) is 5.39. The SMILES string of the molecule is CCNCc1ccc(Oc2ccc(Cl)cc2C)cc1Cl. The zero-order chi connectivity index (χ0) is 14.5. The van der Waals surface area contributed by atoms with Gasteiger partial charge in [-0.3, -0.25) is 0 Å². The highest BCUT2D eigenvalue weighted by Crippen LogP contribution is 2.30. The summed E-state index contributed by atoms with van der Waals surface area (Å²) < 4.78 is 5.84. The minimum absolute atomic E-state index is 0.703. The number of aryl methyl sites for hydroxylation is 1. The number of nitrogens with one attached hydrogen (secondary N) is 1. The van der Waals surface area contributed by atoms with Crippen molar-refractivity contribution in [3.8, 4) is 11.5 Å². The summed E-state index contributed by atoms with van der Waals surface area (Å²) in [7, 11) is 0. The molecule has 0 saturated carbocycles. The van der Waals surface area contributed by atoms with Crippen LogP contribution in [0.4, 0.5) is 0 Å². The molecule has 0 saturated heterocycles. The van der Waals surface area contributed by atoms with Crippen molar-refractivity contribution in [3.05, 3.63) is 57.6 Å². The molecule has 0 radical (unpaired) electrons. The van der Waals surface area contributed by atoms with Crippen molar-refractivity contribution < 1.29 is 4.74 Å². The van der Waals surface area contributed by atoms with Gasteiger partial charge in [-0.05, 0) is 54.9 Å². The van der Waals surface area contributed by atoms with Crippen LogP contribution >= 0.6 is 23.2 Å². The Morgan fingerprint density at radius 2 is 1.90 bits per heavy atom. The van der Waals surface area contributed by atoms with Gasteiger partial charge >= 0.3 is 0 Å². The van der Waals surface area contributed by atoms with Crippen molar-refractivity contribution in [2.24, 2.45) is 0 Å². The normalized spacial score (nSPS) is 10.6. The van der Waals surface area contributed by atoms with Crippen molar-refractivity contribution in [2.75, 3.05) is 6.54 Å². The predicted molar refractivity (Wildman–Crippen MR) is 85.1 cm³/mol. The molecular formula is C16H17Cl2NO. The summed E-state index contributed by atoms with van der Waals surface area (Å²) in [5.41, 5.74) is 2.05.